The molecule has 2 aromatic carbocycles. The molecule has 0 saturated heterocycles. The van der Waals surface area contributed by atoms with Gasteiger partial charge in [-0.3, -0.25) is 0 Å². The van der Waals surface area contributed by atoms with Crippen molar-refractivity contribution < 1.29 is 14.2 Å². The van der Waals surface area contributed by atoms with Gasteiger partial charge in [-0.1, -0.05) is 24.3 Å². The molecule has 3 nitrogen and oxygen atoms in total. The number of rotatable bonds is 4. The molecule has 0 aliphatic rings. The molecule has 0 atom stereocenters. The summed E-state index contributed by atoms with van der Waals surface area (Å²) in [7, 11) is 3.27. The molecule has 90 valence electrons. The van der Waals surface area contributed by atoms with E-state index in [2.05, 4.69) is 0 Å². The average Bonchev–Trinajstić information content (AvgIpc) is 2.37. The first kappa shape index (κ1) is 11.7. The van der Waals surface area contributed by atoms with Crippen LogP contribution in [0, 0.1) is 6.92 Å². The van der Waals surface area contributed by atoms with Gasteiger partial charge in [-0.05, 0) is 18.4 Å². The molecule has 0 amide bonds. The third kappa shape index (κ3) is 2.19. The Morgan fingerprint density at radius 3 is 2.59 bits per heavy atom. The molecule has 2 aromatic rings. The molecule has 0 aliphatic heterocycles. The molecule has 3 heteroatoms. The molecule has 2 rings (SSSR count). The van der Waals surface area contributed by atoms with E-state index in [1.165, 1.54) is 0 Å². The van der Waals surface area contributed by atoms with E-state index in [4.69, 9.17) is 14.2 Å². The van der Waals surface area contributed by atoms with E-state index < -0.39 is 0 Å². The summed E-state index contributed by atoms with van der Waals surface area (Å²) < 4.78 is 16.0. The minimum Gasteiger partial charge on any atom is -0.496 e. The van der Waals surface area contributed by atoms with Crippen LogP contribution in [0.3, 0.4) is 0 Å². The molecule has 0 N–H and O–H groups in total. The molecule has 17 heavy (non-hydrogen) atoms. The number of methoxy groups -OCH3 is 2. The third-order valence-corrected chi connectivity index (χ3v) is 2.74. The number of hydrogen-bond acceptors (Lipinski definition) is 3. The highest BCUT2D eigenvalue weighted by Crippen LogP contribution is 2.36. The highest BCUT2D eigenvalue weighted by Gasteiger charge is 2.11. The predicted octanol–water partition coefficient (Wildman–Crippen LogP) is 3.14. The van der Waals surface area contributed by atoms with E-state index in [0.29, 0.717) is 0 Å². The maximum atomic E-state index is 5.64. The lowest BCUT2D eigenvalue weighted by atomic mass is 10.1. The van der Waals surface area contributed by atoms with E-state index in [9.17, 15) is 0 Å². The van der Waals surface area contributed by atoms with Gasteiger partial charge in [0, 0.05) is 18.1 Å². The summed E-state index contributed by atoms with van der Waals surface area (Å²) in [5.74, 6) is 1.65. The largest absolute Gasteiger partial charge is 0.496 e. The lowest BCUT2D eigenvalue weighted by molar-refractivity contribution is 0.0516. The van der Waals surface area contributed by atoms with Crippen LogP contribution in [0.4, 0.5) is 0 Å². The topological polar surface area (TPSA) is 27.7 Å². The fraction of sp³-hybridized carbons (Fsp3) is 0.286. The number of ether oxygens (including phenoxy) is 3. The second kappa shape index (κ2) is 5.06. The van der Waals surface area contributed by atoms with Crippen LogP contribution < -0.4 is 9.47 Å². The van der Waals surface area contributed by atoms with Crippen LogP contribution in [-0.2, 0) is 4.74 Å². The molecule has 0 aliphatic carbocycles. The Hall–Kier alpha value is -1.74. The van der Waals surface area contributed by atoms with E-state index in [-0.39, 0.29) is 6.79 Å². The van der Waals surface area contributed by atoms with Crippen LogP contribution in [0.25, 0.3) is 10.8 Å². The van der Waals surface area contributed by atoms with Crippen molar-refractivity contribution in [1.29, 1.82) is 0 Å². The second-order valence-electron chi connectivity index (χ2n) is 3.80. The normalized spacial score (nSPS) is 10.5. The average molecular weight is 232 g/mol. The monoisotopic (exact) mass is 232 g/mol. The van der Waals surface area contributed by atoms with E-state index in [1.54, 1.807) is 14.2 Å². The minimum absolute atomic E-state index is 0.234. The summed E-state index contributed by atoms with van der Waals surface area (Å²) in [6, 6.07) is 10.1. The van der Waals surface area contributed by atoms with Crippen molar-refractivity contribution >= 4 is 10.8 Å². The van der Waals surface area contributed by atoms with Crippen molar-refractivity contribution in [3.05, 3.63) is 35.9 Å². The van der Waals surface area contributed by atoms with Crippen molar-refractivity contribution in [3.63, 3.8) is 0 Å². The number of benzene rings is 2. The fourth-order valence-electron chi connectivity index (χ4n) is 1.91. The predicted molar refractivity (Wildman–Crippen MR) is 67.7 cm³/mol. The zero-order chi connectivity index (χ0) is 12.3. The highest BCUT2D eigenvalue weighted by molar-refractivity contribution is 5.91. The lowest BCUT2D eigenvalue weighted by Crippen LogP contribution is -2.02. The first-order chi connectivity index (χ1) is 8.27. The molecule has 0 spiro atoms. The minimum atomic E-state index is 0.234. The third-order valence-electron chi connectivity index (χ3n) is 2.74. The van der Waals surface area contributed by atoms with Gasteiger partial charge in [0.15, 0.2) is 6.79 Å². The van der Waals surface area contributed by atoms with Gasteiger partial charge in [-0.2, -0.15) is 0 Å². The molecule has 0 unspecified atom stereocenters. The van der Waals surface area contributed by atoms with Gasteiger partial charge in [0.1, 0.15) is 11.5 Å². The zero-order valence-corrected chi connectivity index (χ0v) is 10.3. The van der Waals surface area contributed by atoms with Gasteiger partial charge in [0.05, 0.1) is 7.11 Å². The SMILES string of the molecule is COCOc1c(C)c(OC)cc2ccccc12. The van der Waals surface area contributed by atoms with Crippen LogP contribution in [-0.4, -0.2) is 21.0 Å². The van der Waals surface area contributed by atoms with Gasteiger partial charge in [0.2, 0.25) is 0 Å². The summed E-state index contributed by atoms with van der Waals surface area (Å²) in [4.78, 5) is 0. The van der Waals surface area contributed by atoms with Gasteiger partial charge < -0.3 is 14.2 Å². The Morgan fingerprint density at radius 1 is 1.12 bits per heavy atom. The summed E-state index contributed by atoms with van der Waals surface area (Å²) in [5.41, 5.74) is 0.989. The molecular weight excluding hydrogens is 216 g/mol. The van der Waals surface area contributed by atoms with Gasteiger partial charge in [-0.25, -0.2) is 0 Å². The number of hydrogen-bond donors (Lipinski definition) is 0. The van der Waals surface area contributed by atoms with Gasteiger partial charge in [-0.15, -0.1) is 0 Å². The maximum Gasteiger partial charge on any atom is 0.188 e. The van der Waals surface area contributed by atoms with Crippen molar-refractivity contribution in [2.75, 3.05) is 21.0 Å². The molecule has 0 saturated carbocycles. The Kier molecular flexibility index (Phi) is 3.49. The molecule has 0 bridgehead atoms. The van der Waals surface area contributed by atoms with Crippen LogP contribution in [0.1, 0.15) is 5.56 Å². The van der Waals surface area contributed by atoms with Crippen LogP contribution in [0.5, 0.6) is 11.5 Å². The van der Waals surface area contributed by atoms with Crippen LogP contribution >= 0.6 is 0 Å². The van der Waals surface area contributed by atoms with Crippen LogP contribution in [0.2, 0.25) is 0 Å². The van der Waals surface area contributed by atoms with E-state index >= 15 is 0 Å². The Bertz CT molecular complexity index is 520. The van der Waals surface area contributed by atoms with Gasteiger partial charge >= 0.3 is 0 Å². The van der Waals surface area contributed by atoms with Crippen LogP contribution in [0.15, 0.2) is 30.3 Å². The lowest BCUT2D eigenvalue weighted by Gasteiger charge is -2.14. The zero-order valence-electron chi connectivity index (χ0n) is 10.3. The molecular formula is C14H16O3. The Balaban J connectivity index is 2.62. The maximum absolute atomic E-state index is 5.64. The number of fused-ring (bicyclic) bond motifs is 1. The highest BCUT2D eigenvalue weighted by atomic mass is 16.7. The smallest absolute Gasteiger partial charge is 0.188 e. The fourth-order valence-corrected chi connectivity index (χ4v) is 1.91. The second-order valence-corrected chi connectivity index (χ2v) is 3.80. The summed E-state index contributed by atoms with van der Waals surface area (Å²) in [6.07, 6.45) is 0. The summed E-state index contributed by atoms with van der Waals surface area (Å²) in [6.45, 7) is 2.22. The summed E-state index contributed by atoms with van der Waals surface area (Å²) >= 11 is 0. The van der Waals surface area contributed by atoms with Crippen molar-refractivity contribution in [3.8, 4) is 11.5 Å². The summed E-state index contributed by atoms with van der Waals surface area (Å²) in [5, 5.41) is 2.17. The Labute approximate surface area is 101 Å². The van der Waals surface area contributed by atoms with Crippen molar-refractivity contribution in [2.45, 2.75) is 6.92 Å². The first-order valence-electron chi connectivity index (χ1n) is 5.46. The van der Waals surface area contributed by atoms with Crippen molar-refractivity contribution in [1.82, 2.24) is 0 Å². The molecule has 0 radical (unpaired) electrons. The molecule has 0 aromatic heterocycles. The first-order valence-corrected chi connectivity index (χ1v) is 5.46. The van der Waals surface area contributed by atoms with E-state index in [0.717, 1.165) is 27.8 Å². The molecule has 0 fully saturated rings. The Morgan fingerprint density at radius 2 is 1.88 bits per heavy atom. The van der Waals surface area contributed by atoms with Crippen molar-refractivity contribution in [2.24, 2.45) is 0 Å². The van der Waals surface area contributed by atoms with E-state index in [1.807, 2.05) is 37.3 Å². The van der Waals surface area contributed by atoms with Gasteiger partial charge in [0.25, 0.3) is 0 Å². The quantitative estimate of drug-likeness (QED) is 0.758. The standard InChI is InChI=1S/C14H16O3/c1-10-13(16-3)8-11-6-4-5-7-12(11)14(10)17-9-15-2/h4-8H,9H2,1-3H3. The molecule has 0 heterocycles.